The molecule has 0 atom stereocenters. The van der Waals surface area contributed by atoms with E-state index < -0.39 is 23.2 Å². The van der Waals surface area contributed by atoms with Gasteiger partial charge in [0.2, 0.25) is 17.7 Å². The number of amides is 2. The van der Waals surface area contributed by atoms with E-state index in [1.54, 1.807) is 30.3 Å². The number of hydrogen-bond donors (Lipinski definition) is 3. The molecule has 0 spiro atoms. The summed E-state index contributed by atoms with van der Waals surface area (Å²) < 4.78 is 16.4. The number of carbonyl (C=O) groups is 2. The van der Waals surface area contributed by atoms with Crippen LogP contribution in [0.1, 0.15) is 10.6 Å². The summed E-state index contributed by atoms with van der Waals surface area (Å²) in [4.78, 5) is 53.6. The lowest BCUT2D eigenvalue weighted by molar-refractivity contribution is -0.111. The third kappa shape index (κ3) is 5.35. The van der Waals surface area contributed by atoms with E-state index in [4.69, 9.17) is 5.73 Å². The number of primary amides is 1. The van der Waals surface area contributed by atoms with Gasteiger partial charge in [0.25, 0.3) is 11.5 Å². The van der Waals surface area contributed by atoms with Gasteiger partial charge in [-0.15, -0.1) is 0 Å². The van der Waals surface area contributed by atoms with Crippen LogP contribution < -0.4 is 26.8 Å². The highest BCUT2D eigenvalue weighted by molar-refractivity contribution is 5.99. The number of piperazine rings is 1. The summed E-state index contributed by atoms with van der Waals surface area (Å²) in [5.74, 6) is -2.32. The Morgan fingerprint density at radius 2 is 1.85 bits per heavy atom. The molecular weight excluding hydrogens is 517 g/mol. The molecule has 5 rings (SSSR count). The lowest BCUT2D eigenvalue weighted by Crippen LogP contribution is -2.44. The predicted molar refractivity (Wildman–Crippen MR) is 150 cm³/mol. The number of anilines is 4. The molecule has 40 heavy (non-hydrogen) atoms. The van der Waals surface area contributed by atoms with Gasteiger partial charge in [-0.1, -0.05) is 12.6 Å². The minimum atomic E-state index is -0.974. The van der Waals surface area contributed by atoms with Crippen molar-refractivity contribution >= 4 is 45.9 Å². The first-order chi connectivity index (χ1) is 19.2. The molecule has 1 fully saturated rings. The molecule has 2 aromatic carbocycles. The quantitative estimate of drug-likeness (QED) is 0.297. The molecule has 0 bridgehead atoms. The van der Waals surface area contributed by atoms with Crippen LogP contribution in [0.5, 0.6) is 0 Å². The minimum absolute atomic E-state index is 0.00182. The van der Waals surface area contributed by atoms with Gasteiger partial charge in [0, 0.05) is 43.8 Å². The van der Waals surface area contributed by atoms with Crippen LogP contribution in [-0.2, 0) is 4.79 Å². The number of fused-ring (bicyclic) bond motifs is 1. The summed E-state index contributed by atoms with van der Waals surface area (Å²) in [6.07, 6.45) is 2.35. The molecule has 0 unspecified atom stereocenters. The molecule has 1 aliphatic rings. The molecule has 3 heterocycles. The zero-order chi connectivity index (χ0) is 28.4. The smallest absolute Gasteiger partial charge is 0.285 e. The number of carbonyl (C=O) groups excluding carboxylic acids is 2. The van der Waals surface area contributed by atoms with Gasteiger partial charge in [0.1, 0.15) is 11.2 Å². The van der Waals surface area contributed by atoms with Crippen LogP contribution >= 0.6 is 0 Å². The summed E-state index contributed by atoms with van der Waals surface area (Å²) in [5.41, 5.74) is 6.43. The minimum Gasteiger partial charge on any atom is -0.369 e. The summed E-state index contributed by atoms with van der Waals surface area (Å²) in [7, 11) is 2.05. The number of nitrogens with two attached hydrogens (primary N) is 1. The van der Waals surface area contributed by atoms with E-state index in [-0.39, 0.29) is 28.5 Å². The summed E-state index contributed by atoms with van der Waals surface area (Å²) in [6, 6.07) is 11.3. The van der Waals surface area contributed by atoms with Crippen LogP contribution in [-0.4, -0.2) is 69.5 Å². The average molecular weight is 544 g/mol. The molecule has 12 nitrogen and oxygen atoms in total. The first-order valence-corrected chi connectivity index (χ1v) is 12.4. The number of nitrogens with zero attached hydrogens (tertiary/aromatic N) is 6. The number of halogens is 1. The van der Waals surface area contributed by atoms with E-state index in [2.05, 4.69) is 42.0 Å². The Kier molecular flexibility index (Phi) is 7.21. The van der Waals surface area contributed by atoms with Crippen molar-refractivity contribution in [1.29, 1.82) is 0 Å². The fraction of sp³-hybridized carbons (Fsp3) is 0.185. The van der Waals surface area contributed by atoms with Crippen molar-refractivity contribution in [2.24, 2.45) is 5.73 Å². The Labute approximate surface area is 228 Å². The van der Waals surface area contributed by atoms with Gasteiger partial charge in [-0.25, -0.2) is 9.37 Å². The van der Waals surface area contributed by atoms with E-state index in [1.165, 1.54) is 16.8 Å². The maximum Gasteiger partial charge on any atom is 0.285 e. The first kappa shape index (κ1) is 26.4. The topological polar surface area (TPSA) is 151 Å². The normalized spacial score (nSPS) is 13.7. The van der Waals surface area contributed by atoms with Crippen LogP contribution in [0.4, 0.5) is 27.4 Å². The van der Waals surface area contributed by atoms with E-state index in [0.717, 1.165) is 37.9 Å². The third-order valence-electron chi connectivity index (χ3n) is 6.48. The summed E-state index contributed by atoms with van der Waals surface area (Å²) in [5, 5.41) is 5.48. The monoisotopic (exact) mass is 543 g/mol. The van der Waals surface area contributed by atoms with Gasteiger partial charge in [0.05, 0.1) is 11.4 Å². The lowest BCUT2D eigenvalue weighted by atomic mass is 10.2. The van der Waals surface area contributed by atoms with Gasteiger partial charge >= 0.3 is 0 Å². The van der Waals surface area contributed by atoms with Crippen LogP contribution in [0.15, 0.2) is 66.1 Å². The number of nitrogens with one attached hydrogen (secondary N) is 2. The SMILES string of the molecule is C=CC(=O)Nc1cccc(-n2c(C(N)=O)nc(=O)c3cnc(Nc4ccc(N5CCN(C)CC5)cc4F)nc32)c1. The molecule has 1 aliphatic heterocycles. The first-order valence-electron chi connectivity index (χ1n) is 12.4. The van der Waals surface area contributed by atoms with Gasteiger partial charge in [-0.05, 0) is 49.5 Å². The maximum atomic E-state index is 15.1. The molecule has 2 amide bonds. The summed E-state index contributed by atoms with van der Waals surface area (Å²) >= 11 is 0. The second kappa shape index (κ2) is 10.9. The third-order valence-corrected chi connectivity index (χ3v) is 6.48. The Balaban J connectivity index is 1.55. The molecular formula is C27H26FN9O3. The molecule has 1 saturated heterocycles. The average Bonchev–Trinajstić information content (AvgIpc) is 2.94. The maximum absolute atomic E-state index is 15.1. The number of rotatable bonds is 7. The van der Waals surface area contributed by atoms with Crippen molar-refractivity contribution in [3.8, 4) is 5.69 Å². The Morgan fingerprint density at radius 3 is 2.55 bits per heavy atom. The van der Waals surface area contributed by atoms with E-state index >= 15 is 4.39 Å². The van der Waals surface area contributed by atoms with E-state index in [1.807, 2.05) is 13.1 Å². The molecule has 0 saturated carbocycles. The van der Waals surface area contributed by atoms with Crippen molar-refractivity contribution in [3.63, 3.8) is 0 Å². The van der Waals surface area contributed by atoms with Crippen LogP contribution in [0.2, 0.25) is 0 Å². The fourth-order valence-electron chi connectivity index (χ4n) is 4.37. The highest BCUT2D eigenvalue weighted by Crippen LogP contribution is 2.26. The zero-order valence-corrected chi connectivity index (χ0v) is 21.6. The van der Waals surface area contributed by atoms with Crippen molar-refractivity contribution in [1.82, 2.24) is 24.4 Å². The van der Waals surface area contributed by atoms with Gasteiger partial charge in [-0.2, -0.15) is 9.97 Å². The van der Waals surface area contributed by atoms with Crippen LogP contribution in [0.3, 0.4) is 0 Å². The van der Waals surface area contributed by atoms with E-state index in [0.29, 0.717) is 11.4 Å². The van der Waals surface area contributed by atoms with Crippen molar-refractivity contribution in [2.45, 2.75) is 0 Å². The molecule has 4 aromatic rings. The highest BCUT2D eigenvalue weighted by atomic mass is 19.1. The van der Waals surface area contributed by atoms with Gasteiger partial charge < -0.3 is 26.2 Å². The standard InChI is InChI=1S/C27H26FN9O3/c1-3-22(38)31-16-5-4-6-18(13-16)37-24-19(26(40)33-25(37)23(29)39)15-30-27(34-24)32-21-8-7-17(14-20(21)28)36-11-9-35(2)10-12-36/h3-8,13-15H,1,9-12H2,2H3,(H2,29,39)(H,31,38)(H,30,32,34). The molecule has 13 heteroatoms. The predicted octanol–water partition coefficient (Wildman–Crippen LogP) is 2.03. The van der Waals surface area contributed by atoms with E-state index in [9.17, 15) is 14.4 Å². The van der Waals surface area contributed by atoms with Crippen molar-refractivity contribution in [3.05, 3.63) is 83.3 Å². The fourth-order valence-corrected chi connectivity index (χ4v) is 4.37. The Bertz CT molecular complexity index is 1700. The number of benzene rings is 2. The molecule has 0 radical (unpaired) electrons. The van der Waals surface area contributed by atoms with Crippen LogP contribution in [0.25, 0.3) is 16.7 Å². The molecule has 0 aliphatic carbocycles. The Hall–Kier alpha value is -5.17. The number of likely N-dealkylation sites (N-methyl/N-ethyl adjacent to an activating group) is 1. The number of hydrogen-bond acceptors (Lipinski definition) is 9. The Morgan fingerprint density at radius 1 is 1.07 bits per heavy atom. The second-order valence-corrected chi connectivity index (χ2v) is 9.19. The van der Waals surface area contributed by atoms with Crippen LogP contribution in [0, 0.1) is 5.82 Å². The van der Waals surface area contributed by atoms with Crippen molar-refractivity contribution in [2.75, 3.05) is 48.8 Å². The van der Waals surface area contributed by atoms with Crippen molar-refractivity contribution < 1.29 is 14.0 Å². The molecule has 4 N–H and O–H groups in total. The lowest BCUT2D eigenvalue weighted by Gasteiger charge is -2.34. The summed E-state index contributed by atoms with van der Waals surface area (Å²) in [6.45, 7) is 6.80. The number of aromatic nitrogens is 4. The van der Waals surface area contributed by atoms with Gasteiger partial charge in [-0.3, -0.25) is 19.0 Å². The molecule has 204 valence electrons. The largest absolute Gasteiger partial charge is 0.369 e. The highest BCUT2D eigenvalue weighted by Gasteiger charge is 2.20. The molecule has 2 aromatic heterocycles. The second-order valence-electron chi connectivity index (χ2n) is 9.19. The zero-order valence-electron chi connectivity index (χ0n) is 21.6. The van der Waals surface area contributed by atoms with Gasteiger partial charge in [0.15, 0.2) is 5.65 Å².